The molecular formula is C12H16N5O+. The van der Waals surface area contributed by atoms with Gasteiger partial charge >= 0.3 is 6.02 Å². The molecule has 0 unspecified atom stereocenters. The summed E-state index contributed by atoms with van der Waals surface area (Å²) >= 11 is 0. The summed E-state index contributed by atoms with van der Waals surface area (Å²) < 4.78 is 1.76. The molecule has 94 valence electrons. The number of pyridine rings is 1. The fraction of sp³-hybridized carbons (Fsp3) is 0.333. The molecule has 0 atom stereocenters. The number of aromatic nitrogens is 1. The Kier molecular flexibility index (Phi) is 4.81. The van der Waals surface area contributed by atoms with Gasteiger partial charge in [-0.05, 0) is 12.1 Å². The van der Waals surface area contributed by atoms with Gasteiger partial charge in [-0.3, -0.25) is 9.82 Å². The Morgan fingerprint density at radius 3 is 2.61 bits per heavy atom. The maximum atomic E-state index is 9.03. The molecule has 1 rings (SSSR count). The Morgan fingerprint density at radius 1 is 1.44 bits per heavy atom. The van der Waals surface area contributed by atoms with Crippen molar-refractivity contribution >= 4 is 11.7 Å². The zero-order valence-electron chi connectivity index (χ0n) is 11.0. The van der Waals surface area contributed by atoms with Crippen LogP contribution in [-0.4, -0.2) is 54.4 Å². The van der Waals surface area contributed by atoms with Crippen LogP contribution < -0.4 is 0 Å². The second kappa shape index (κ2) is 6.35. The molecule has 0 saturated heterocycles. The predicted molar refractivity (Wildman–Crippen MR) is 68.3 cm³/mol. The van der Waals surface area contributed by atoms with Gasteiger partial charge < -0.3 is 0 Å². The maximum Gasteiger partial charge on any atom is 0.471 e. The summed E-state index contributed by atoms with van der Waals surface area (Å²) in [5.74, 6) is 0. The highest BCUT2D eigenvalue weighted by molar-refractivity contribution is 6.10. The van der Waals surface area contributed by atoms with E-state index in [1.54, 1.807) is 33.9 Å². The molecule has 0 amide bonds. The number of hydrogen-bond donors (Lipinski definition) is 0. The van der Waals surface area contributed by atoms with Crippen molar-refractivity contribution in [2.24, 2.45) is 5.16 Å². The molecule has 0 bridgehead atoms. The Hall–Kier alpha value is -2.42. The second-order valence-corrected chi connectivity index (χ2v) is 3.93. The molecule has 0 N–H and O–H groups in total. The number of rotatable bonds is 2. The number of nitriles is 1. The lowest BCUT2D eigenvalue weighted by Gasteiger charge is -2.07. The van der Waals surface area contributed by atoms with Gasteiger partial charge in [0.05, 0.1) is 28.2 Å². The highest BCUT2D eigenvalue weighted by atomic mass is 16.6. The average Bonchev–Trinajstić information content (AvgIpc) is 2.34. The third kappa shape index (κ3) is 3.56. The minimum Gasteiger partial charge on any atom is -0.278 e. The maximum absolute atomic E-state index is 9.03. The summed E-state index contributed by atoms with van der Waals surface area (Å²) in [5.41, 5.74) is 0.619. The van der Waals surface area contributed by atoms with Crippen LogP contribution in [0.25, 0.3) is 0 Å². The largest absolute Gasteiger partial charge is 0.471 e. The summed E-state index contributed by atoms with van der Waals surface area (Å²) in [6.07, 6.45) is 1.60. The van der Waals surface area contributed by atoms with E-state index in [1.165, 1.54) is 0 Å². The van der Waals surface area contributed by atoms with Gasteiger partial charge in [-0.15, -0.1) is 0 Å². The van der Waals surface area contributed by atoms with Crippen molar-refractivity contribution in [1.82, 2.24) is 9.88 Å². The molecule has 6 nitrogen and oxygen atoms in total. The van der Waals surface area contributed by atoms with Crippen LogP contribution >= 0.6 is 0 Å². The lowest BCUT2D eigenvalue weighted by molar-refractivity contribution is -0.480. The predicted octanol–water partition coefficient (Wildman–Crippen LogP) is 0.516. The average molecular weight is 246 g/mol. The van der Waals surface area contributed by atoms with E-state index in [4.69, 9.17) is 10.1 Å². The topological polar surface area (TPSA) is 64.5 Å². The molecule has 18 heavy (non-hydrogen) atoms. The zero-order valence-corrected chi connectivity index (χ0v) is 11.0. The van der Waals surface area contributed by atoms with Crippen molar-refractivity contribution < 1.29 is 9.41 Å². The Balaban J connectivity index is 2.96. The normalized spacial score (nSPS) is 10.5. The van der Waals surface area contributed by atoms with Crippen molar-refractivity contribution in [2.45, 2.75) is 0 Å². The first-order valence-electron chi connectivity index (χ1n) is 5.34. The van der Waals surface area contributed by atoms with Crippen LogP contribution in [0.15, 0.2) is 29.6 Å². The molecule has 6 heteroatoms. The van der Waals surface area contributed by atoms with Crippen LogP contribution in [0, 0.1) is 11.3 Å². The van der Waals surface area contributed by atoms with E-state index in [0.717, 1.165) is 0 Å². The summed E-state index contributed by atoms with van der Waals surface area (Å²) in [4.78, 5) is 11.1. The second-order valence-electron chi connectivity index (χ2n) is 3.93. The van der Waals surface area contributed by atoms with Crippen LogP contribution in [0.5, 0.6) is 0 Å². The number of amidine groups is 1. The van der Waals surface area contributed by atoms with Crippen molar-refractivity contribution in [3.05, 3.63) is 30.1 Å². The van der Waals surface area contributed by atoms with Crippen molar-refractivity contribution in [3.8, 4) is 6.07 Å². The van der Waals surface area contributed by atoms with E-state index in [0.29, 0.717) is 11.7 Å². The molecule has 1 heterocycles. The van der Waals surface area contributed by atoms with Gasteiger partial charge in [0.2, 0.25) is 5.71 Å². The van der Waals surface area contributed by atoms with Crippen molar-refractivity contribution in [2.75, 3.05) is 28.2 Å². The van der Waals surface area contributed by atoms with Gasteiger partial charge in [0.1, 0.15) is 11.8 Å². The van der Waals surface area contributed by atoms with Crippen LogP contribution in [0.1, 0.15) is 5.69 Å². The summed E-state index contributed by atoms with van der Waals surface area (Å²) in [6, 6.07) is 7.76. The third-order valence-corrected chi connectivity index (χ3v) is 2.00. The molecule has 0 aliphatic heterocycles. The van der Waals surface area contributed by atoms with E-state index in [1.807, 2.05) is 34.3 Å². The number of hydrogen-bond acceptors (Lipinski definition) is 4. The molecule has 1 aromatic heterocycles. The molecule has 0 radical (unpaired) electrons. The molecule has 0 aliphatic rings. The number of nitrogens with zero attached hydrogens (tertiary/aromatic N) is 5. The standard InChI is InChI=1S/C12H16N5O/c1-16(2)12(17(3)4)18-15-11(9-13)10-7-5-6-8-14-10/h5-8H,1-4H3/q+1/b15-11+. The molecule has 0 saturated carbocycles. The van der Waals surface area contributed by atoms with E-state index in [-0.39, 0.29) is 5.71 Å². The highest BCUT2D eigenvalue weighted by Crippen LogP contribution is 1.98. The van der Waals surface area contributed by atoms with Gasteiger partial charge in [-0.1, -0.05) is 11.2 Å². The smallest absolute Gasteiger partial charge is 0.278 e. The first kappa shape index (κ1) is 13.6. The van der Waals surface area contributed by atoms with Crippen molar-refractivity contribution in [1.29, 1.82) is 5.26 Å². The quantitative estimate of drug-likeness (QED) is 0.330. The SMILES string of the molecule is CN(C)C(O/N=C(\C#N)c1ccccn1)=[N+](C)C. The minimum absolute atomic E-state index is 0.136. The van der Waals surface area contributed by atoms with Gasteiger partial charge in [0, 0.05) is 6.20 Å². The van der Waals surface area contributed by atoms with Crippen molar-refractivity contribution in [3.63, 3.8) is 0 Å². The first-order valence-corrected chi connectivity index (χ1v) is 5.34. The Bertz CT molecular complexity index is 495. The lowest BCUT2D eigenvalue weighted by atomic mass is 10.2. The molecular weight excluding hydrogens is 230 g/mol. The van der Waals surface area contributed by atoms with Crippen LogP contribution in [0.3, 0.4) is 0 Å². The van der Waals surface area contributed by atoms with E-state index < -0.39 is 0 Å². The van der Waals surface area contributed by atoms with E-state index in [9.17, 15) is 0 Å². The summed E-state index contributed by atoms with van der Waals surface area (Å²) in [6.45, 7) is 0. The van der Waals surface area contributed by atoms with Gasteiger partial charge in [-0.2, -0.15) is 5.26 Å². The van der Waals surface area contributed by atoms with E-state index in [2.05, 4.69) is 10.1 Å². The first-order chi connectivity index (χ1) is 8.56. The highest BCUT2D eigenvalue weighted by Gasteiger charge is 2.14. The van der Waals surface area contributed by atoms with Gasteiger partial charge in [0.15, 0.2) is 0 Å². The van der Waals surface area contributed by atoms with Gasteiger partial charge in [0.25, 0.3) is 0 Å². The molecule has 0 spiro atoms. The van der Waals surface area contributed by atoms with Crippen LogP contribution in [0.2, 0.25) is 0 Å². The Labute approximate surface area is 106 Å². The monoisotopic (exact) mass is 246 g/mol. The van der Waals surface area contributed by atoms with Gasteiger partial charge in [-0.25, -0.2) is 9.48 Å². The molecule has 0 aliphatic carbocycles. The Morgan fingerprint density at radius 2 is 2.17 bits per heavy atom. The van der Waals surface area contributed by atoms with Crippen LogP contribution in [0.4, 0.5) is 0 Å². The summed E-state index contributed by atoms with van der Waals surface area (Å²) in [7, 11) is 7.32. The molecule has 1 aromatic rings. The fourth-order valence-electron chi connectivity index (χ4n) is 1.28. The van der Waals surface area contributed by atoms with Crippen LogP contribution in [-0.2, 0) is 4.84 Å². The minimum atomic E-state index is 0.136. The summed E-state index contributed by atoms with van der Waals surface area (Å²) in [5, 5.41) is 12.9. The molecule has 0 fully saturated rings. The number of oxime groups is 1. The lowest BCUT2D eigenvalue weighted by Crippen LogP contribution is -2.31. The zero-order chi connectivity index (χ0) is 13.5. The third-order valence-electron chi connectivity index (χ3n) is 2.00. The van der Waals surface area contributed by atoms with E-state index >= 15 is 0 Å². The molecule has 0 aromatic carbocycles. The fourth-order valence-corrected chi connectivity index (χ4v) is 1.28.